The Bertz CT molecular complexity index is 152. The predicted molar refractivity (Wildman–Crippen MR) is 46.5 cm³/mol. The second-order valence-electron chi connectivity index (χ2n) is 3.10. The third-order valence-corrected chi connectivity index (χ3v) is 2.31. The highest BCUT2D eigenvalue weighted by Gasteiger charge is 2.12. The van der Waals surface area contributed by atoms with Crippen molar-refractivity contribution in [2.75, 3.05) is 19.6 Å². The molecule has 0 bridgehead atoms. The van der Waals surface area contributed by atoms with Gasteiger partial charge >= 0.3 is 0 Å². The lowest BCUT2D eigenvalue weighted by Gasteiger charge is -2.25. The molecule has 0 saturated carbocycles. The highest BCUT2D eigenvalue weighted by Crippen LogP contribution is 2.13. The molecule has 2 nitrogen and oxygen atoms in total. The van der Waals surface area contributed by atoms with E-state index in [1.54, 1.807) is 0 Å². The van der Waals surface area contributed by atoms with Crippen molar-refractivity contribution in [3.05, 3.63) is 11.6 Å². The fourth-order valence-electron chi connectivity index (χ4n) is 1.39. The molecule has 0 spiro atoms. The van der Waals surface area contributed by atoms with E-state index in [0.717, 1.165) is 26.1 Å². The van der Waals surface area contributed by atoms with Crippen molar-refractivity contribution in [3.63, 3.8) is 0 Å². The summed E-state index contributed by atoms with van der Waals surface area (Å²) in [5.74, 6) is 0. The highest BCUT2D eigenvalue weighted by molar-refractivity contribution is 5.10. The summed E-state index contributed by atoms with van der Waals surface area (Å²) >= 11 is 0. The molecule has 0 fully saturated rings. The zero-order valence-electron chi connectivity index (χ0n) is 7.38. The van der Waals surface area contributed by atoms with E-state index in [2.05, 4.69) is 17.9 Å². The Balaban J connectivity index is 2.44. The first-order chi connectivity index (χ1) is 5.24. The number of hydrogen-bond acceptors (Lipinski definition) is 2. The average molecular weight is 155 g/mol. The summed E-state index contributed by atoms with van der Waals surface area (Å²) in [5.41, 5.74) is 1.20. The standard InChI is InChI=1S/C9H17NO/c1-3-10-6-4-9(5-7-10)8(2)11/h4,8,11H,3,5-7H2,1-2H3. The molecule has 0 saturated heterocycles. The summed E-state index contributed by atoms with van der Waals surface area (Å²) < 4.78 is 0. The third kappa shape index (κ3) is 2.31. The van der Waals surface area contributed by atoms with Crippen LogP contribution in [-0.2, 0) is 0 Å². The van der Waals surface area contributed by atoms with Gasteiger partial charge in [0.05, 0.1) is 6.10 Å². The van der Waals surface area contributed by atoms with Crippen molar-refractivity contribution < 1.29 is 5.11 Å². The summed E-state index contributed by atoms with van der Waals surface area (Å²) in [6.07, 6.45) is 2.94. The molecular formula is C9H17NO. The Morgan fingerprint density at radius 2 is 2.45 bits per heavy atom. The monoisotopic (exact) mass is 155 g/mol. The molecule has 64 valence electrons. The quantitative estimate of drug-likeness (QED) is 0.602. The summed E-state index contributed by atoms with van der Waals surface area (Å²) in [5, 5.41) is 9.25. The van der Waals surface area contributed by atoms with Crippen molar-refractivity contribution in [1.82, 2.24) is 4.90 Å². The van der Waals surface area contributed by atoms with Crippen LogP contribution >= 0.6 is 0 Å². The van der Waals surface area contributed by atoms with Crippen LogP contribution in [0, 0.1) is 0 Å². The molecule has 1 rings (SSSR count). The molecule has 11 heavy (non-hydrogen) atoms. The second kappa shape index (κ2) is 3.88. The maximum absolute atomic E-state index is 9.25. The Kier molecular flexibility index (Phi) is 3.09. The largest absolute Gasteiger partial charge is 0.389 e. The second-order valence-corrected chi connectivity index (χ2v) is 3.10. The molecule has 0 aliphatic carbocycles. The lowest BCUT2D eigenvalue weighted by Crippen LogP contribution is -2.30. The minimum absolute atomic E-state index is 0.242. The minimum atomic E-state index is -0.242. The van der Waals surface area contributed by atoms with Crippen molar-refractivity contribution in [3.8, 4) is 0 Å². The van der Waals surface area contributed by atoms with Crippen molar-refractivity contribution in [2.45, 2.75) is 26.4 Å². The fourth-order valence-corrected chi connectivity index (χ4v) is 1.39. The predicted octanol–water partition coefficient (Wildman–Crippen LogP) is 1.02. The molecule has 0 amide bonds. The lowest BCUT2D eigenvalue weighted by atomic mass is 10.0. The lowest BCUT2D eigenvalue weighted by molar-refractivity contribution is 0.212. The zero-order valence-corrected chi connectivity index (χ0v) is 7.38. The Morgan fingerprint density at radius 3 is 2.82 bits per heavy atom. The molecule has 1 atom stereocenters. The van der Waals surface area contributed by atoms with Gasteiger partial charge in [0.25, 0.3) is 0 Å². The van der Waals surface area contributed by atoms with Crippen LogP contribution in [0.3, 0.4) is 0 Å². The topological polar surface area (TPSA) is 23.5 Å². The van der Waals surface area contributed by atoms with Crippen LogP contribution in [0.2, 0.25) is 0 Å². The van der Waals surface area contributed by atoms with Crippen molar-refractivity contribution in [2.24, 2.45) is 0 Å². The number of likely N-dealkylation sites (N-methyl/N-ethyl adjacent to an activating group) is 1. The Labute approximate surface area is 68.5 Å². The summed E-state index contributed by atoms with van der Waals surface area (Å²) in [7, 11) is 0. The molecule has 1 unspecified atom stereocenters. The number of aliphatic hydroxyl groups is 1. The third-order valence-electron chi connectivity index (χ3n) is 2.31. The summed E-state index contributed by atoms with van der Waals surface area (Å²) in [6.45, 7) is 7.24. The molecule has 1 aliphatic rings. The molecule has 1 N–H and O–H groups in total. The fraction of sp³-hybridized carbons (Fsp3) is 0.778. The van der Waals surface area contributed by atoms with Gasteiger partial charge in [-0.3, -0.25) is 4.90 Å². The van der Waals surface area contributed by atoms with Crippen LogP contribution in [-0.4, -0.2) is 35.7 Å². The van der Waals surface area contributed by atoms with Gasteiger partial charge < -0.3 is 5.11 Å². The highest BCUT2D eigenvalue weighted by atomic mass is 16.3. The summed E-state index contributed by atoms with van der Waals surface area (Å²) in [6, 6.07) is 0. The first-order valence-corrected chi connectivity index (χ1v) is 4.33. The molecule has 0 radical (unpaired) electrons. The van der Waals surface area contributed by atoms with Crippen molar-refractivity contribution >= 4 is 0 Å². The van der Waals surface area contributed by atoms with E-state index in [4.69, 9.17) is 0 Å². The number of nitrogens with zero attached hydrogens (tertiary/aromatic N) is 1. The molecule has 1 heterocycles. The first-order valence-electron chi connectivity index (χ1n) is 4.33. The van der Waals surface area contributed by atoms with Crippen LogP contribution < -0.4 is 0 Å². The maximum atomic E-state index is 9.25. The van der Waals surface area contributed by atoms with Crippen LogP contribution in [0.15, 0.2) is 11.6 Å². The number of rotatable bonds is 2. The Morgan fingerprint density at radius 1 is 1.73 bits per heavy atom. The van der Waals surface area contributed by atoms with Gasteiger partial charge in [-0.05, 0) is 25.5 Å². The van der Waals surface area contributed by atoms with E-state index in [9.17, 15) is 5.11 Å². The number of hydrogen-bond donors (Lipinski definition) is 1. The van der Waals surface area contributed by atoms with E-state index in [1.165, 1.54) is 5.57 Å². The van der Waals surface area contributed by atoms with Crippen molar-refractivity contribution in [1.29, 1.82) is 0 Å². The molecule has 2 heteroatoms. The van der Waals surface area contributed by atoms with Gasteiger partial charge in [-0.15, -0.1) is 0 Å². The van der Waals surface area contributed by atoms with Crippen LogP contribution in [0.25, 0.3) is 0 Å². The van der Waals surface area contributed by atoms with Gasteiger partial charge in [0.2, 0.25) is 0 Å². The average Bonchev–Trinajstić information content (AvgIpc) is 2.05. The van der Waals surface area contributed by atoms with Gasteiger partial charge in [-0.1, -0.05) is 13.0 Å². The van der Waals surface area contributed by atoms with Gasteiger partial charge in [-0.2, -0.15) is 0 Å². The molecule has 0 aromatic heterocycles. The van der Waals surface area contributed by atoms with E-state index >= 15 is 0 Å². The minimum Gasteiger partial charge on any atom is -0.389 e. The smallest absolute Gasteiger partial charge is 0.0722 e. The SMILES string of the molecule is CCN1CC=C(C(C)O)CC1. The Hall–Kier alpha value is -0.340. The van der Waals surface area contributed by atoms with Crippen LogP contribution in [0.1, 0.15) is 20.3 Å². The molecule has 0 aromatic carbocycles. The number of aliphatic hydroxyl groups excluding tert-OH is 1. The van der Waals surface area contributed by atoms with Crippen LogP contribution in [0.4, 0.5) is 0 Å². The van der Waals surface area contributed by atoms with E-state index < -0.39 is 0 Å². The molecule has 1 aliphatic heterocycles. The normalized spacial score (nSPS) is 23.0. The van der Waals surface area contributed by atoms with Gasteiger partial charge in [-0.25, -0.2) is 0 Å². The van der Waals surface area contributed by atoms with E-state index in [0.29, 0.717) is 0 Å². The van der Waals surface area contributed by atoms with Gasteiger partial charge in [0.1, 0.15) is 0 Å². The molecular weight excluding hydrogens is 138 g/mol. The summed E-state index contributed by atoms with van der Waals surface area (Å²) in [4.78, 5) is 2.37. The van der Waals surface area contributed by atoms with E-state index in [-0.39, 0.29) is 6.10 Å². The molecule has 0 aromatic rings. The van der Waals surface area contributed by atoms with E-state index in [1.807, 2.05) is 6.92 Å². The zero-order chi connectivity index (χ0) is 8.27. The van der Waals surface area contributed by atoms with Crippen LogP contribution in [0.5, 0.6) is 0 Å². The first kappa shape index (κ1) is 8.75. The van der Waals surface area contributed by atoms with Gasteiger partial charge in [0, 0.05) is 13.1 Å². The van der Waals surface area contributed by atoms with Gasteiger partial charge in [0.15, 0.2) is 0 Å². The maximum Gasteiger partial charge on any atom is 0.0722 e.